The Morgan fingerprint density at radius 2 is 2.00 bits per heavy atom. The topological polar surface area (TPSA) is 39.2 Å². The second-order valence-electron chi connectivity index (χ2n) is 4.92. The first-order valence-electron chi connectivity index (χ1n) is 7.05. The van der Waals surface area contributed by atoms with Crippen molar-refractivity contribution in [3.05, 3.63) is 23.7 Å². The average Bonchev–Trinajstić information content (AvgIpc) is 2.83. The third kappa shape index (κ3) is 4.55. The van der Waals surface area contributed by atoms with Gasteiger partial charge in [0.1, 0.15) is 11.5 Å². The van der Waals surface area contributed by atoms with Crippen LogP contribution in [0.1, 0.15) is 70.4 Å². The van der Waals surface area contributed by atoms with E-state index >= 15 is 0 Å². The van der Waals surface area contributed by atoms with Crippen molar-refractivity contribution in [2.45, 2.75) is 65.3 Å². The van der Waals surface area contributed by atoms with Crippen LogP contribution in [0.15, 0.2) is 16.5 Å². The van der Waals surface area contributed by atoms with Crippen LogP contribution in [0.5, 0.6) is 0 Å². The van der Waals surface area contributed by atoms with E-state index in [4.69, 9.17) is 10.2 Å². The SMILES string of the molecule is CCCCC(CC)CC(N)c1ccc(CC)o1. The summed E-state index contributed by atoms with van der Waals surface area (Å²) in [6, 6.07) is 4.15. The fourth-order valence-corrected chi connectivity index (χ4v) is 2.24. The van der Waals surface area contributed by atoms with Crippen LogP contribution >= 0.6 is 0 Å². The van der Waals surface area contributed by atoms with Crippen LogP contribution < -0.4 is 5.73 Å². The van der Waals surface area contributed by atoms with Gasteiger partial charge in [0.25, 0.3) is 0 Å². The summed E-state index contributed by atoms with van der Waals surface area (Å²) in [6.07, 6.45) is 7.08. The Morgan fingerprint density at radius 1 is 1.24 bits per heavy atom. The highest BCUT2D eigenvalue weighted by Crippen LogP contribution is 2.26. The standard InChI is InChI=1S/C15H27NO/c1-4-7-8-12(5-2)11-14(16)15-10-9-13(6-3)17-15/h9-10,12,14H,4-8,11,16H2,1-3H3. The third-order valence-electron chi connectivity index (χ3n) is 3.53. The van der Waals surface area contributed by atoms with Crippen molar-refractivity contribution in [3.63, 3.8) is 0 Å². The molecule has 17 heavy (non-hydrogen) atoms. The predicted octanol–water partition coefficient (Wildman–Crippen LogP) is 4.45. The number of hydrogen-bond donors (Lipinski definition) is 1. The summed E-state index contributed by atoms with van der Waals surface area (Å²) in [5.74, 6) is 2.73. The van der Waals surface area contributed by atoms with Crippen LogP contribution in [-0.2, 0) is 6.42 Å². The molecule has 98 valence electrons. The van der Waals surface area contributed by atoms with Crippen molar-refractivity contribution in [1.82, 2.24) is 0 Å². The fourth-order valence-electron chi connectivity index (χ4n) is 2.24. The van der Waals surface area contributed by atoms with E-state index in [-0.39, 0.29) is 6.04 Å². The van der Waals surface area contributed by atoms with Gasteiger partial charge >= 0.3 is 0 Å². The van der Waals surface area contributed by atoms with E-state index in [1.165, 1.54) is 25.7 Å². The van der Waals surface area contributed by atoms with Crippen molar-refractivity contribution < 1.29 is 4.42 Å². The Kier molecular flexibility index (Phi) is 6.35. The molecule has 1 aromatic rings. The zero-order chi connectivity index (χ0) is 12.7. The summed E-state index contributed by atoms with van der Waals surface area (Å²) < 4.78 is 5.72. The molecule has 0 aromatic carbocycles. The van der Waals surface area contributed by atoms with Gasteiger partial charge in [-0.05, 0) is 24.5 Å². The lowest BCUT2D eigenvalue weighted by atomic mass is 9.91. The number of hydrogen-bond acceptors (Lipinski definition) is 2. The molecule has 0 aliphatic heterocycles. The van der Waals surface area contributed by atoms with Crippen LogP contribution in [0.2, 0.25) is 0 Å². The highest BCUT2D eigenvalue weighted by molar-refractivity contribution is 5.10. The lowest BCUT2D eigenvalue weighted by molar-refractivity contribution is 0.349. The molecule has 0 bridgehead atoms. The van der Waals surface area contributed by atoms with Gasteiger partial charge in [-0.25, -0.2) is 0 Å². The van der Waals surface area contributed by atoms with Gasteiger partial charge in [-0.3, -0.25) is 0 Å². The molecule has 2 nitrogen and oxygen atoms in total. The molecule has 0 saturated carbocycles. The minimum atomic E-state index is 0.0668. The Hall–Kier alpha value is -0.760. The first-order valence-corrected chi connectivity index (χ1v) is 7.05. The Balaban J connectivity index is 2.48. The maximum absolute atomic E-state index is 6.22. The van der Waals surface area contributed by atoms with E-state index < -0.39 is 0 Å². The van der Waals surface area contributed by atoms with E-state index in [1.807, 2.05) is 12.1 Å². The van der Waals surface area contributed by atoms with E-state index in [1.54, 1.807) is 0 Å². The molecule has 2 heteroatoms. The van der Waals surface area contributed by atoms with Gasteiger partial charge in [0, 0.05) is 6.42 Å². The van der Waals surface area contributed by atoms with E-state index in [2.05, 4.69) is 20.8 Å². The Labute approximate surface area is 106 Å². The molecule has 0 aliphatic rings. The molecular weight excluding hydrogens is 210 g/mol. The van der Waals surface area contributed by atoms with Gasteiger partial charge in [-0.1, -0.05) is 46.5 Å². The molecule has 0 fully saturated rings. The van der Waals surface area contributed by atoms with Crippen LogP contribution in [0.3, 0.4) is 0 Å². The maximum Gasteiger partial charge on any atom is 0.120 e. The molecule has 0 saturated heterocycles. The van der Waals surface area contributed by atoms with Crippen LogP contribution in [-0.4, -0.2) is 0 Å². The summed E-state index contributed by atoms with van der Waals surface area (Å²) >= 11 is 0. The van der Waals surface area contributed by atoms with Gasteiger partial charge in [0.15, 0.2) is 0 Å². The molecule has 0 radical (unpaired) electrons. The minimum Gasteiger partial charge on any atom is -0.464 e. The molecule has 0 spiro atoms. The van der Waals surface area contributed by atoms with Crippen LogP contribution in [0, 0.1) is 5.92 Å². The van der Waals surface area contributed by atoms with Crippen molar-refractivity contribution in [3.8, 4) is 0 Å². The second kappa shape index (κ2) is 7.54. The molecule has 2 atom stereocenters. The zero-order valence-corrected chi connectivity index (χ0v) is 11.5. The summed E-state index contributed by atoms with van der Waals surface area (Å²) in [5.41, 5.74) is 6.22. The molecule has 0 amide bonds. The maximum atomic E-state index is 6.22. The number of rotatable bonds is 8. The van der Waals surface area contributed by atoms with E-state index in [0.717, 1.165) is 30.3 Å². The lowest BCUT2D eigenvalue weighted by Crippen LogP contribution is -2.14. The molecule has 1 heterocycles. The highest BCUT2D eigenvalue weighted by atomic mass is 16.3. The quantitative estimate of drug-likeness (QED) is 0.725. The van der Waals surface area contributed by atoms with Crippen LogP contribution in [0.4, 0.5) is 0 Å². The molecule has 0 aliphatic carbocycles. The monoisotopic (exact) mass is 237 g/mol. The third-order valence-corrected chi connectivity index (χ3v) is 3.53. The van der Waals surface area contributed by atoms with Gasteiger partial charge in [0.05, 0.1) is 6.04 Å². The molecule has 1 aromatic heterocycles. The molecular formula is C15H27NO. The molecule has 1 rings (SSSR count). The van der Waals surface area contributed by atoms with Crippen molar-refractivity contribution in [1.29, 1.82) is 0 Å². The normalized spacial score (nSPS) is 14.8. The highest BCUT2D eigenvalue weighted by Gasteiger charge is 2.16. The minimum absolute atomic E-state index is 0.0668. The summed E-state index contributed by atoms with van der Waals surface area (Å²) in [7, 11) is 0. The summed E-state index contributed by atoms with van der Waals surface area (Å²) in [5, 5.41) is 0. The summed E-state index contributed by atoms with van der Waals surface area (Å²) in [4.78, 5) is 0. The first kappa shape index (κ1) is 14.3. The van der Waals surface area contributed by atoms with Crippen LogP contribution in [0.25, 0.3) is 0 Å². The first-order chi connectivity index (χ1) is 8.21. The average molecular weight is 237 g/mol. The van der Waals surface area contributed by atoms with Gasteiger partial charge in [0.2, 0.25) is 0 Å². The fraction of sp³-hybridized carbons (Fsp3) is 0.733. The number of unbranched alkanes of at least 4 members (excludes halogenated alkanes) is 1. The number of aryl methyl sites for hydroxylation is 1. The van der Waals surface area contributed by atoms with Crippen molar-refractivity contribution in [2.24, 2.45) is 11.7 Å². The Morgan fingerprint density at radius 3 is 2.53 bits per heavy atom. The second-order valence-corrected chi connectivity index (χ2v) is 4.92. The van der Waals surface area contributed by atoms with E-state index in [0.29, 0.717) is 0 Å². The van der Waals surface area contributed by atoms with Gasteiger partial charge in [-0.2, -0.15) is 0 Å². The molecule has 2 unspecified atom stereocenters. The lowest BCUT2D eigenvalue weighted by Gasteiger charge is -2.18. The largest absolute Gasteiger partial charge is 0.464 e. The zero-order valence-electron chi connectivity index (χ0n) is 11.5. The van der Waals surface area contributed by atoms with Crippen molar-refractivity contribution in [2.75, 3.05) is 0 Å². The van der Waals surface area contributed by atoms with Crippen molar-refractivity contribution >= 4 is 0 Å². The Bertz CT molecular complexity index is 306. The van der Waals surface area contributed by atoms with Gasteiger partial charge in [-0.15, -0.1) is 0 Å². The van der Waals surface area contributed by atoms with E-state index in [9.17, 15) is 0 Å². The van der Waals surface area contributed by atoms with Gasteiger partial charge < -0.3 is 10.2 Å². The smallest absolute Gasteiger partial charge is 0.120 e. The number of nitrogens with two attached hydrogens (primary N) is 1. The molecule has 2 N–H and O–H groups in total. The summed E-state index contributed by atoms with van der Waals surface area (Å²) in [6.45, 7) is 6.60. The predicted molar refractivity (Wildman–Crippen MR) is 72.9 cm³/mol. The number of furan rings is 1.